The van der Waals surface area contributed by atoms with Crippen molar-refractivity contribution in [2.75, 3.05) is 0 Å². The van der Waals surface area contributed by atoms with Crippen LogP contribution in [0.5, 0.6) is 0 Å². The van der Waals surface area contributed by atoms with E-state index in [2.05, 4.69) is 38.1 Å². The van der Waals surface area contributed by atoms with Gasteiger partial charge in [0, 0.05) is 6.04 Å². The predicted octanol–water partition coefficient (Wildman–Crippen LogP) is 3.05. The van der Waals surface area contributed by atoms with Gasteiger partial charge in [-0.25, -0.2) is 0 Å². The quantitative estimate of drug-likeness (QED) is 0.777. The molecule has 1 atom stereocenters. The maximum atomic E-state index is 6.23. The van der Waals surface area contributed by atoms with Crippen LogP contribution in [0.15, 0.2) is 24.3 Å². The van der Waals surface area contributed by atoms with Gasteiger partial charge in [0.15, 0.2) is 0 Å². The molecule has 0 aliphatic heterocycles. The second kappa shape index (κ2) is 3.39. The van der Waals surface area contributed by atoms with E-state index in [9.17, 15) is 0 Å². The largest absolute Gasteiger partial charge is 0.323 e. The zero-order chi connectivity index (χ0) is 10.2. The molecular formula is C13H19N. The van der Waals surface area contributed by atoms with Crippen LogP contribution in [0.3, 0.4) is 0 Å². The van der Waals surface area contributed by atoms with Crippen LogP contribution in [0.4, 0.5) is 0 Å². The lowest BCUT2D eigenvalue weighted by atomic mass is 9.92. The number of hydrogen-bond acceptors (Lipinski definition) is 1. The van der Waals surface area contributed by atoms with Crippen molar-refractivity contribution in [3.8, 4) is 0 Å². The van der Waals surface area contributed by atoms with Gasteiger partial charge >= 0.3 is 0 Å². The first-order valence-electron chi connectivity index (χ1n) is 5.50. The van der Waals surface area contributed by atoms with Crippen molar-refractivity contribution in [1.29, 1.82) is 0 Å². The molecule has 0 aromatic heterocycles. The van der Waals surface area contributed by atoms with Gasteiger partial charge in [0.2, 0.25) is 0 Å². The van der Waals surface area contributed by atoms with Crippen LogP contribution < -0.4 is 5.73 Å². The summed E-state index contributed by atoms with van der Waals surface area (Å²) in [6.45, 7) is 4.46. The fourth-order valence-corrected chi connectivity index (χ4v) is 1.87. The molecule has 2 rings (SSSR count). The van der Waals surface area contributed by atoms with E-state index in [-0.39, 0.29) is 6.04 Å². The summed E-state index contributed by atoms with van der Waals surface area (Å²) in [5.74, 6) is 0. The third-order valence-electron chi connectivity index (χ3n) is 3.54. The normalized spacial score (nSPS) is 20.5. The highest BCUT2D eigenvalue weighted by Crippen LogP contribution is 2.53. The molecule has 0 spiro atoms. The number of aryl methyl sites for hydroxylation is 1. The first kappa shape index (κ1) is 9.72. The second-order valence-corrected chi connectivity index (χ2v) is 4.73. The molecule has 1 unspecified atom stereocenters. The molecule has 0 amide bonds. The first-order chi connectivity index (χ1) is 6.65. The van der Waals surface area contributed by atoms with E-state index in [0.717, 1.165) is 6.42 Å². The summed E-state index contributed by atoms with van der Waals surface area (Å²) in [5.41, 5.74) is 9.29. The van der Waals surface area contributed by atoms with Gasteiger partial charge in [-0.05, 0) is 35.8 Å². The Morgan fingerprint density at radius 2 is 1.86 bits per heavy atom. The van der Waals surface area contributed by atoms with Gasteiger partial charge in [-0.3, -0.25) is 0 Å². The van der Waals surface area contributed by atoms with Gasteiger partial charge in [-0.1, -0.05) is 38.1 Å². The van der Waals surface area contributed by atoms with Crippen LogP contribution in [0.1, 0.15) is 43.9 Å². The Bertz CT molecular complexity index is 309. The number of rotatable bonds is 3. The molecule has 1 aliphatic carbocycles. The van der Waals surface area contributed by atoms with Crippen molar-refractivity contribution in [2.24, 2.45) is 11.1 Å². The molecule has 1 nitrogen and oxygen atoms in total. The van der Waals surface area contributed by atoms with E-state index in [1.807, 2.05) is 0 Å². The van der Waals surface area contributed by atoms with Gasteiger partial charge < -0.3 is 5.73 Å². The van der Waals surface area contributed by atoms with Crippen molar-refractivity contribution in [1.82, 2.24) is 0 Å². The predicted molar refractivity (Wildman–Crippen MR) is 60.1 cm³/mol. The van der Waals surface area contributed by atoms with Crippen LogP contribution in [0.25, 0.3) is 0 Å². The highest BCUT2D eigenvalue weighted by molar-refractivity contribution is 5.27. The first-order valence-corrected chi connectivity index (χ1v) is 5.50. The Morgan fingerprint density at radius 3 is 2.29 bits per heavy atom. The summed E-state index contributed by atoms with van der Waals surface area (Å²) < 4.78 is 0. The molecule has 76 valence electrons. The van der Waals surface area contributed by atoms with E-state index >= 15 is 0 Å². The fraction of sp³-hybridized carbons (Fsp3) is 0.538. The van der Waals surface area contributed by atoms with E-state index in [4.69, 9.17) is 5.73 Å². The molecule has 1 aliphatic rings. The van der Waals surface area contributed by atoms with Crippen molar-refractivity contribution < 1.29 is 0 Å². The van der Waals surface area contributed by atoms with Gasteiger partial charge in [0.25, 0.3) is 0 Å². The second-order valence-electron chi connectivity index (χ2n) is 4.73. The van der Waals surface area contributed by atoms with Crippen LogP contribution >= 0.6 is 0 Å². The number of hydrogen-bond donors (Lipinski definition) is 1. The van der Waals surface area contributed by atoms with Crippen LogP contribution in [0, 0.1) is 5.41 Å². The summed E-state index contributed by atoms with van der Waals surface area (Å²) in [4.78, 5) is 0. The lowest BCUT2D eigenvalue weighted by Gasteiger charge is -2.19. The molecule has 1 saturated carbocycles. The highest BCUT2D eigenvalue weighted by Gasteiger charge is 2.43. The molecule has 1 heteroatoms. The standard InChI is InChI=1S/C13H19N/c1-3-10-4-6-11(7-5-10)12(14)13(2)8-9-13/h4-7,12H,3,8-9,14H2,1-2H3. The summed E-state index contributed by atoms with van der Waals surface area (Å²) in [5, 5.41) is 0. The van der Waals surface area contributed by atoms with E-state index in [1.165, 1.54) is 24.0 Å². The Balaban J connectivity index is 2.16. The third-order valence-corrected chi connectivity index (χ3v) is 3.54. The lowest BCUT2D eigenvalue weighted by molar-refractivity contribution is 0.451. The van der Waals surface area contributed by atoms with Crippen LogP contribution in [-0.4, -0.2) is 0 Å². The van der Waals surface area contributed by atoms with E-state index in [0.29, 0.717) is 5.41 Å². The van der Waals surface area contributed by atoms with Gasteiger partial charge in [-0.15, -0.1) is 0 Å². The topological polar surface area (TPSA) is 26.0 Å². The monoisotopic (exact) mass is 189 g/mol. The molecule has 0 bridgehead atoms. The fourth-order valence-electron chi connectivity index (χ4n) is 1.87. The molecule has 0 radical (unpaired) electrons. The highest BCUT2D eigenvalue weighted by atomic mass is 14.7. The van der Waals surface area contributed by atoms with Crippen molar-refractivity contribution in [2.45, 2.75) is 39.2 Å². The lowest BCUT2D eigenvalue weighted by Crippen LogP contribution is -2.19. The van der Waals surface area contributed by atoms with Crippen molar-refractivity contribution >= 4 is 0 Å². The van der Waals surface area contributed by atoms with Gasteiger partial charge in [0.05, 0.1) is 0 Å². The average molecular weight is 189 g/mol. The molecule has 2 N–H and O–H groups in total. The Hall–Kier alpha value is -0.820. The maximum Gasteiger partial charge on any atom is 0.0349 e. The number of benzene rings is 1. The van der Waals surface area contributed by atoms with E-state index in [1.54, 1.807) is 0 Å². The minimum atomic E-state index is 0.230. The summed E-state index contributed by atoms with van der Waals surface area (Å²) in [7, 11) is 0. The molecule has 1 fully saturated rings. The van der Waals surface area contributed by atoms with Gasteiger partial charge in [0.1, 0.15) is 0 Å². The molecule has 1 aromatic carbocycles. The zero-order valence-electron chi connectivity index (χ0n) is 9.09. The van der Waals surface area contributed by atoms with Crippen LogP contribution in [-0.2, 0) is 6.42 Å². The molecule has 1 aromatic rings. The minimum absolute atomic E-state index is 0.230. The Morgan fingerprint density at radius 1 is 1.29 bits per heavy atom. The SMILES string of the molecule is CCc1ccc(C(N)C2(C)CC2)cc1. The summed E-state index contributed by atoms with van der Waals surface area (Å²) in [6.07, 6.45) is 3.67. The summed E-state index contributed by atoms with van der Waals surface area (Å²) in [6, 6.07) is 9.00. The molecule has 0 saturated heterocycles. The number of nitrogens with two attached hydrogens (primary N) is 1. The van der Waals surface area contributed by atoms with Crippen molar-refractivity contribution in [3.05, 3.63) is 35.4 Å². The zero-order valence-corrected chi connectivity index (χ0v) is 9.09. The summed E-state index contributed by atoms with van der Waals surface area (Å²) >= 11 is 0. The Labute approximate surface area is 86.3 Å². The smallest absolute Gasteiger partial charge is 0.0349 e. The van der Waals surface area contributed by atoms with E-state index < -0.39 is 0 Å². The molecule has 0 heterocycles. The molecular weight excluding hydrogens is 170 g/mol. The minimum Gasteiger partial charge on any atom is -0.323 e. The van der Waals surface area contributed by atoms with Crippen LogP contribution in [0.2, 0.25) is 0 Å². The maximum absolute atomic E-state index is 6.23. The van der Waals surface area contributed by atoms with Crippen molar-refractivity contribution in [3.63, 3.8) is 0 Å². The third kappa shape index (κ3) is 1.69. The molecule has 14 heavy (non-hydrogen) atoms. The average Bonchev–Trinajstić information content (AvgIpc) is 2.97. The Kier molecular flexibility index (Phi) is 2.36. The van der Waals surface area contributed by atoms with Gasteiger partial charge in [-0.2, -0.15) is 0 Å².